The predicted molar refractivity (Wildman–Crippen MR) is 67.3 cm³/mol. The van der Waals surface area contributed by atoms with Gasteiger partial charge in [-0.05, 0) is 32.6 Å². The third-order valence-electron chi connectivity index (χ3n) is 3.62. The van der Waals surface area contributed by atoms with Crippen LogP contribution >= 0.6 is 0 Å². The molecule has 0 amide bonds. The van der Waals surface area contributed by atoms with E-state index in [2.05, 4.69) is 13.5 Å². The molecule has 0 aliphatic carbocycles. The van der Waals surface area contributed by atoms with Crippen LogP contribution in [-0.2, 0) is 9.47 Å². The monoisotopic (exact) mass is 228 g/mol. The maximum absolute atomic E-state index is 6.03. The summed E-state index contributed by atoms with van der Waals surface area (Å²) < 4.78 is 12.0. The molecule has 1 rings (SSSR count). The highest BCUT2D eigenvalue weighted by Gasteiger charge is 2.47. The van der Waals surface area contributed by atoms with Gasteiger partial charge in [-0.25, -0.2) is 0 Å². The number of hydrogen-bond acceptors (Lipinski definition) is 2. The van der Waals surface area contributed by atoms with Crippen LogP contribution in [0.3, 0.4) is 0 Å². The summed E-state index contributed by atoms with van der Waals surface area (Å²) in [4.78, 5) is 0. The highest BCUT2D eigenvalue weighted by Crippen LogP contribution is 2.38. The van der Waals surface area contributed by atoms with Gasteiger partial charge in [-0.1, -0.05) is 13.0 Å². The molecule has 0 aromatic carbocycles. The molecule has 0 aromatic rings. The van der Waals surface area contributed by atoms with E-state index in [9.17, 15) is 0 Å². The van der Waals surface area contributed by atoms with Crippen LogP contribution in [0.4, 0.5) is 0 Å². The Morgan fingerprint density at radius 1 is 1.53 bits per heavy atom. The van der Waals surface area contributed by atoms with Crippen LogP contribution in [0.2, 0.25) is 0 Å². The van der Waals surface area contributed by atoms with Crippen LogP contribution in [0.1, 0.15) is 39.5 Å². The average Bonchev–Trinajstić information content (AvgIpc) is 2.27. The molecule has 2 nitrogen and oxygen atoms in total. The summed E-state index contributed by atoms with van der Waals surface area (Å²) in [6.45, 7) is 9.78. The molecule has 0 spiro atoms. The first-order valence-corrected chi connectivity index (χ1v) is 7.05. The van der Waals surface area contributed by atoms with E-state index in [0.29, 0.717) is 0 Å². The maximum atomic E-state index is 6.03. The van der Waals surface area contributed by atoms with Crippen molar-refractivity contribution in [3.63, 3.8) is 0 Å². The first-order chi connectivity index (χ1) is 7.14. The largest absolute Gasteiger partial charge is 0.376 e. The molecule has 2 atom stereocenters. The van der Waals surface area contributed by atoms with Gasteiger partial charge >= 0.3 is 0 Å². The normalized spacial score (nSPS) is 31.1. The molecular weight excluding hydrogens is 204 g/mol. The number of ether oxygens (including phenoxy) is 2. The quantitative estimate of drug-likeness (QED) is 0.526. The molecule has 88 valence electrons. The fraction of sp³-hybridized carbons (Fsp3) is 0.833. The van der Waals surface area contributed by atoms with E-state index in [1.807, 2.05) is 13.0 Å². The van der Waals surface area contributed by atoms with Crippen molar-refractivity contribution in [1.29, 1.82) is 0 Å². The summed E-state index contributed by atoms with van der Waals surface area (Å²) in [5.41, 5.74) is -0.256. The highest BCUT2D eigenvalue weighted by atomic mass is 28.1. The summed E-state index contributed by atoms with van der Waals surface area (Å²) >= 11 is 0. The van der Waals surface area contributed by atoms with Gasteiger partial charge in [0.15, 0.2) is 0 Å². The van der Waals surface area contributed by atoms with Crippen molar-refractivity contribution in [2.45, 2.75) is 50.4 Å². The SMILES string of the molecule is C=CC(CC)(OCC)C1([SiH3])CCCCO1. The van der Waals surface area contributed by atoms with Crippen molar-refractivity contribution in [2.75, 3.05) is 13.2 Å². The molecule has 15 heavy (non-hydrogen) atoms. The fourth-order valence-corrected chi connectivity index (χ4v) is 3.83. The molecule has 1 saturated heterocycles. The Labute approximate surface area is 96.5 Å². The van der Waals surface area contributed by atoms with Crippen LogP contribution in [-0.4, -0.2) is 34.3 Å². The second kappa shape index (κ2) is 5.28. The van der Waals surface area contributed by atoms with Gasteiger partial charge in [0.25, 0.3) is 0 Å². The maximum Gasteiger partial charge on any atom is 0.110 e. The zero-order chi connectivity index (χ0) is 11.4. The van der Waals surface area contributed by atoms with Gasteiger partial charge in [0.2, 0.25) is 0 Å². The molecule has 0 saturated carbocycles. The van der Waals surface area contributed by atoms with E-state index in [-0.39, 0.29) is 10.8 Å². The first kappa shape index (κ1) is 12.9. The molecular formula is C12H24O2Si. The Bertz CT molecular complexity index is 212. The fourth-order valence-electron chi connectivity index (χ4n) is 2.57. The van der Waals surface area contributed by atoms with Crippen LogP contribution in [0.15, 0.2) is 12.7 Å². The lowest BCUT2D eigenvalue weighted by atomic mass is 9.87. The van der Waals surface area contributed by atoms with Gasteiger partial charge in [-0.2, -0.15) is 0 Å². The third kappa shape index (κ3) is 2.35. The summed E-state index contributed by atoms with van der Waals surface area (Å²) in [7, 11) is 1.00. The molecule has 0 N–H and O–H groups in total. The van der Waals surface area contributed by atoms with Crippen LogP contribution in [0.5, 0.6) is 0 Å². The van der Waals surface area contributed by atoms with E-state index in [1.165, 1.54) is 12.8 Å². The van der Waals surface area contributed by atoms with Crippen molar-refractivity contribution < 1.29 is 9.47 Å². The minimum absolute atomic E-state index is 0.0578. The minimum Gasteiger partial charge on any atom is -0.376 e. The molecule has 0 radical (unpaired) electrons. The Hall–Kier alpha value is -0.123. The molecule has 1 heterocycles. The molecule has 1 aliphatic heterocycles. The van der Waals surface area contributed by atoms with Crippen molar-refractivity contribution >= 4 is 10.2 Å². The lowest BCUT2D eigenvalue weighted by molar-refractivity contribution is -0.159. The van der Waals surface area contributed by atoms with Crippen LogP contribution in [0.25, 0.3) is 0 Å². The van der Waals surface area contributed by atoms with Gasteiger partial charge < -0.3 is 9.47 Å². The van der Waals surface area contributed by atoms with Gasteiger partial charge in [-0.3, -0.25) is 0 Å². The third-order valence-corrected chi connectivity index (χ3v) is 5.26. The Balaban J connectivity index is 2.89. The highest BCUT2D eigenvalue weighted by molar-refractivity contribution is 6.15. The molecule has 0 aromatic heterocycles. The van der Waals surface area contributed by atoms with E-state index in [4.69, 9.17) is 9.47 Å². The van der Waals surface area contributed by atoms with E-state index in [0.717, 1.165) is 36.3 Å². The Kier molecular flexibility index (Phi) is 4.56. The van der Waals surface area contributed by atoms with Gasteiger partial charge in [0.05, 0.1) is 5.22 Å². The predicted octanol–water partition coefficient (Wildman–Crippen LogP) is 1.62. The molecule has 2 unspecified atom stereocenters. The molecule has 1 fully saturated rings. The Morgan fingerprint density at radius 3 is 2.67 bits per heavy atom. The lowest BCUT2D eigenvalue weighted by Gasteiger charge is -2.48. The zero-order valence-electron chi connectivity index (χ0n) is 10.3. The summed E-state index contributed by atoms with van der Waals surface area (Å²) in [5, 5.41) is -0.0578. The van der Waals surface area contributed by atoms with Crippen molar-refractivity contribution in [3.05, 3.63) is 12.7 Å². The van der Waals surface area contributed by atoms with Gasteiger partial charge in [-0.15, -0.1) is 6.58 Å². The van der Waals surface area contributed by atoms with Crippen LogP contribution < -0.4 is 0 Å². The standard InChI is InChI=1S/C12H24O2Si/c1-4-11(5-2,13-6-3)12(15)9-7-8-10-14-12/h4H,1,5-10H2,2-3,15H3. The summed E-state index contributed by atoms with van der Waals surface area (Å²) in [6, 6.07) is 0. The number of hydrogen-bond donors (Lipinski definition) is 0. The summed E-state index contributed by atoms with van der Waals surface area (Å²) in [5.74, 6) is 0. The van der Waals surface area contributed by atoms with Gasteiger partial charge in [0, 0.05) is 23.5 Å². The second-order valence-electron chi connectivity index (χ2n) is 4.42. The Morgan fingerprint density at radius 2 is 2.27 bits per heavy atom. The van der Waals surface area contributed by atoms with Crippen molar-refractivity contribution in [3.8, 4) is 0 Å². The molecule has 3 heteroatoms. The van der Waals surface area contributed by atoms with Crippen molar-refractivity contribution in [1.82, 2.24) is 0 Å². The first-order valence-electron chi connectivity index (χ1n) is 6.05. The summed E-state index contributed by atoms with van der Waals surface area (Å²) in [6.07, 6.45) is 6.49. The van der Waals surface area contributed by atoms with E-state index in [1.54, 1.807) is 0 Å². The zero-order valence-corrected chi connectivity index (χ0v) is 12.3. The average molecular weight is 228 g/mol. The smallest absolute Gasteiger partial charge is 0.110 e. The second-order valence-corrected chi connectivity index (χ2v) is 6.03. The van der Waals surface area contributed by atoms with Crippen LogP contribution in [0, 0.1) is 0 Å². The topological polar surface area (TPSA) is 18.5 Å². The number of rotatable bonds is 5. The van der Waals surface area contributed by atoms with E-state index >= 15 is 0 Å². The minimum atomic E-state index is -0.256. The van der Waals surface area contributed by atoms with E-state index < -0.39 is 0 Å². The molecule has 1 aliphatic rings. The lowest BCUT2D eigenvalue weighted by Crippen LogP contribution is -2.58. The molecule has 0 bridgehead atoms. The van der Waals surface area contributed by atoms with Crippen molar-refractivity contribution in [2.24, 2.45) is 0 Å². The van der Waals surface area contributed by atoms with Gasteiger partial charge in [0.1, 0.15) is 5.60 Å².